The van der Waals surface area contributed by atoms with Gasteiger partial charge in [-0.1, -0.05) is 32.1 Å². The Morgan fingerprint density at radius 1 is 1.33 bits per heavy atom. The van der Waals surface area contributed by atoms with Crippen LogP contribution in [-0.4, -0.2) is 47.3 Å². The van der Waals surface area contributed by atoms with Crippen LogP contribution < -0.4 is 0 Å². The first-order chi connectivity index (χ1) is 8.58. The van der Waals surface area contributed by atoms with Crippen molar-refractivity contribution in [3.63, 3.8) is 0 Å². The van der Waals surface area contributed by atoms with Crippen molar-refractivity contribution in [3.05, 3.63) is 0 Å². The lowest BCUT2D eigenvalue weighted by molar-refractivity contribution is -0.137. The number of rotatable bonds is 8. The van der Waals surface area contributed by atoms with E-state index in [0.717, 1.165) is 12.5 Å². The second kappa shape index (κ2) is 8.48. The lowest BCUT2D eigenvalue weighted by Crippen LogP contribution is -2.31. The number of carboxylic acids is 1. The molecule has 18 heavy (non-hydrogen) atoms. The summed E-state index contributed by atoms with van der Waals surface area (Å²) in [4.78, 5) is 12.5. The van der Waals surface area contributed by atoms with Gasteiger partial charge in [0.1, 0.15) is 0 Å². The number of likely N-dealkylation sites (N-methyl/N-ethyl adjacent to an activating group) is 1. The zero-order valence-corrected chi connectivity index (χ0v) is 11.5. The van der Waals surface area contributed by atoms with Crippen molar-refractivity contribution in [1.82, 2.24) is 4.90 Å². The van der Waals surface area contributed by atoms with Gasteiger partial charge in [-0.05, 0) is 32.4 Å². The second-order valence-electron chi connectivity index (χ2n) is 5.64. The molecule has 0 aliphatic heterocycles. The van der Waals surface area contributed by atoms with Gasteiger partial charge in [0.25, 0.3) is 0 Å². The smallest absolute Gasteiger partial charge is 0.303 e. The first-order valence-corrected chi connectivity index (χ1v) is 7.16. The van der Waals surface area contributed by atoms with Crippen molar-refractivity contribution in [2.24, 2.45) is 5.92 Å². The van der Waals surface area contributed by atoms with E-state index < -0.39 is 12.1 Å². The summed E-state index contributed by atoms with van der Waals surface area (Å²) >= 11 is 0. The lowest BCUT2D eigenvalue weighted by atomic mass is 9.87. The summed E-state index contributed by atoms with van der Waals surface area (Å²) in [5.41, 5.74) is 0. The maximum atomic E-state index is 10.4. The third-order valence-corrected chi connectivity index (χ3v) is 3.86. The maximum absolute atomic E-state index is 10.4. The second-order valence-corrected chi connectivity index (χ2v) is 5.64. The Bertz CT molecular complexity index is 239. The van der Waals surface area contributed by atoms with Crippen LogP contribution in [0.15, 0.2) is 0 Å². The summed E-state index contributed by atoms with van der Waals surface area (Å²) in [6, 6.07) is 0. The van der Waals surface area contributed by atoms with Crippen LogP contribution in [0.2, 0.25) is 0 Å². The van der Waals surface area contributed by atoms with E-state index in [9.17, 15) is 9.90 Å². The quantitative estimate of drug-likeness (QED) is 0.699. The Kier molecular flexibility index (Phi) is 7.28. The molecule has 0 bridgehead atoms. The van der Waals surface area contributed by atoms with Crippen LogP contribution >= 0.6 is 0 Å². The molecule has 1 unspecified atom stereocenters. The number of hydrogen-bond acceptors (Lipinski definition) is 3. The number of hydrogen-bond donors (Lipinski definition) is 2. The molecule has 1 aliphatic rings. The van der Waals surface area contributed by atoms with Gasteiger partial charge in [0.2, 0.25) is 0 Å². The summed E-state index contributed by atoms with van der Waals surface area (Å²) < 4.78 is 0. The highest BCUT2D eigenvalue weighted by Crippen LogP contribution is 2.26. The molecule has 4 heteroatoms. The fraction of sp³-hybridized carbons (Fsp3) is 0.929. The molecule has 0 radical (unpaired) electrons. The highest BCUT2D eigenvalue weighted by Gasteiger charge is 2.15. The highest BCUT2D eigenvalue weighted by molar-refractivity contribution is 5.66. The van der Waals surface area contributed by atoms with Gasteiger partial charge in [-0.15, -0.1) is 0 Å². The Labute approximate surface area is 110 Å². The van der Waals surface area contributed by atoms with Gasteiger partial charge < -0.3 is 15.1 Å². The van der Waals surface area contributed by atoms with E-state index >= 15 is 0 Å². The standard InChI is InChI=1S/C14H27NO3/c1-15(11-13(16)7-8-14(17)18)10-9-12-5-3-2-4-6-12/h12-13,16H,2-11H2,1H3,(H,17,18). The van der Waals surface area contributed by atoms with Gasteiger partial charge in [-0.25, -0.2) is 0 Å². The molecule has 0 aromatic rings. The fourth-order valence-corrected chi connectivity index (χ4v) is 2.71. The summed E-state index contributed by atoms with van der Waals surface area (Å²) in [5.74, 6) is 0.0243. The molecule has 0 amide bonds. The maximum Gasteiger partial charge on any atom is 0.303 e. The van der Waals surface area contributed by atoms with Gasteiger partial charge in [0, 0.05) is 13.0 Å². The van der Waals surface area contributed by atoms with Crippen LogP contribution in [-0.2, 0) is 4.79 Å². The van der Waals surface area contributed by atoms with E-state index in [1.54, 1.807) is 0 Å². The number of aliphatic hydroxyl groups excluding tert-OH is 1. The van der Waals surface area contributed by atoms with E-state index in [2.05, 4.69) is 4.90 Å². The largest absolute Gasteiger partial charge is 0.481 e. The monoisotopic (exact) mass is 257 g/mol. The normalized spacial score (nSPS) is 19.1. The molecule has 0 aromatic heterocycles. The fourth-order valence-electron chi connectivity index (χ4n) is 2.71. The lowest BCUT2D eigenvalue weighted by Gasteiger charge is -2.25. The van der Waals surface area contributed by atoms with Gasteiger partial charge >= 0.3 is 5.97 Å². The average molecular weight is 257 g/mol. The third-order valence-electron chi connectivity index (χ3n) is 3.86. The molecule has 1 fully saturated rings. The minimum atomic E-state index is -0.834. The van der Waals surface area contributed by atoms with Gasteiger partial charge in [0.05, 0.1) is 6.10 Å². The van der Waals surface area contributed by atoms with E-state index in [0.29, 0.717) is 13.0 Å². The minimum Gasteiger partial charge on any atom is -0.481 e. The van der Waals surface area contributed by atoms with Crippen molar-refractivity contribution in [1.29, 1.82) is 0 Å². The molecule has 1 atom stereocenters. The summed E-state index contributed by atoms with van der Waals surface area (Å²) in [6.45, 7) is 1.59. The predicted octanol–water partition coefficient (Wildman–Crippen LogP) is 2.11. The molecule has 0 aromatic carbocycles. The van der Waals surface area contributed by atoms with Crippen molar-refractivity contribution < 1.29 is 15.0 Å². The molecule has 4 nitrogen and oxygen atoms in total. The van der Waals surface area contributed by atoms with Crippen LogP contribution in [0.5, 0.6) is 0 Å². The number of carboxylic acid groups (broad SMARTS) is 1. The van der Waals surface area contributed by atoms with Crippen molar-refractivity contribution in [3.8, 4) is 0 Å². The molecular weight excluding hydrogens is 230 g/mol. The predicted molar refractivity (Wildman–Crippen MR) is 71.6 cm³/mol. The van der Waals surface area contributed by atoms with Gasteiger partial charge in [-0.2, -0.15) is 0 Å². The molecule has 0 spiro atoms. The molecule has 2 N–H and O–H groups in total. The molecule has 106 valence electrons. The van der Waals surface area contributed by atoms with E-state index in [4.69, 9.17) is 5.11 Å². The Hall–Kier alpha value is -0.610. The first kappa shape index (κ1) is 15.4. The third kappa shape index (κ3) is 6.97. The van der Waals surface area contributed by atoms with Crippen LogP contribution in [0.25, 0.3) is 0 Å². The number of aliphatic hydroxyl groups is 1. The molecule has 0 saturated heterocycles. The summed E-state index contributed by atoms with van der Waals surface area (Å²) in [5, 5.41) is 18.2. The van der Waals surface area contributed by atoms with Crippen LogP contribution in [0.3, 0.4) is 0 Å². The molecule has 1 saturated carbocycles. The Morgan fingerprint density at radius 2 is 2.00 bits per heavy atom. The van der Waals surface area contributed by atoms with Gasteiger partial charge in [0.15, 0.2) is 0 Å². The SMILES string of the molecule is CN(CCC1CCCCC1)CC(O)CCC(=O)O. The van der Waals surface area contributed by atoms with Crippen molar-refractivity contribution in [2.45, 2.75) is 57.5 Å². The molecule has 0 heterocycles. The number of nitrogens with zero attached hydrogens (tertiary/aromatic N) is 1. The van der Waals surface area contributed by atoms with Gasteiger partial charge in [-0.3, -0.25) is 4.79 Å². The van der Waals surface area contributed by atoms with Crippen LogP contribution in [0.4, 0.5) is 0 Å². The van der Waals surface area contributed by atoms with E-state index in [1.165, 1.54) is 38.5 Å². The molecular formula is C14H27NO3. The highest BCUT2D eigenvalue weighted by atomic mass is 16.4. The van der Waals surface area contributed by atoms with Crippen molar-refractivity contribution >= 4 is 5.97 Å². The van der Waals surface area contributed by atoms with Crippen molar-refractivity contribution in [2.75, 3.05) is 20.1 Å². The average Bonchev–Trinajstić information content (AvgIpc) is 2.35. The van der Waals surface area contributed by atoms with E-state index in [-0.39, 0.29) is 6.42 Å². The van der Waals surface area contributed by atoms with Crippen LogP contribution in [0, 0.1) is 5.92 Å². The molecule has 1 rings (SSSR count). The summed E-state index contributed by atoms with van der Waals surface area (Å²) in [6.07, 6.45) is 7.94. The molecule has 1 aliphatic carbocycles. The number of carbonyl (C=O) groups is 1. The number of aliphatic carboxylic acids is 1. The first-order valence-electron chi connectivity index (χ1n) is 7.16. The zero-order chi connectivity index (χ0) is 13.4. The Morgan fingerprint density at radius 3 is 2.61 bits per heavy atom. The Balaban J connectivity index is 2.08. The minimum absolute atomic E-state index is 0.0532. The zero-order valence-electron chi connectivity index (χ0n) is 11.5. The summed E-state index contributed by atoms with van der Waals surface area (Å²) in [7, 11) is 2.01. The van der Waals surface area contributed by atoms with E-state index in [1.807, 2.05) is 7.05 Å². The van der Waals surface area contributed by atoms with Crippen LogP contribution in [0.1, 0.15) is 51.4 Å². The topological polar surface area (TPSA) is 60.8 Å².